The molecule has 1 fully saturated rings. The second-order valence-electron chi connectivity index (χ2n) is 5.28. The van der Waals surface area contributed by atoms with Crippen molar-refractivity contribution in [1.29, 1.82) is 0 Å². The van der Waals surface area contributed by atoms with Gasteiger partial charge in [-0.1, -0.05) is 12.8 Å². The summed E-state index contributed by atoms with van der Waals surface area (Å²) in [6, 6.07) is -0.344. The van der Waals surface area contributed by atoms with Crippen molar-refractivity contribution in [3.63, 3.8) is 0 Å². The van der Waals surface area contributed by atoms with E-state index >= 15 is 0 Å². The lowest BCUT2D eigenvalue weighted by atomic mass is 9.91. The molecule has 0 aliphatic heterocycles. The number of nitrogens with zero attached hydrogens (tertiary/aromatic N) is 4. The van der Waals surface area contributed by atoms with Crippen LogP contribution in [-0.2, 0) is 0 Å². The molecule has 4 amide bonds. The van der Waals surface area contributed by atoms with Crippen molar-refractivity contribution in [2.24, 2.45) is 9.98 Å². The van der Waals surface area contributed by atoms with E-state index < -0.39 is 0 Å². The van der Waals surface area contributed by atoms with Crippen molar-refractivity contribution >= 4 is 24.7 Å². The van der Waals surface area contributed by atoms with Crippen molar-refractivity contribution in [2.75, 3.05) is 28.2 Å². The van der Waals surface area contributed by atoms with Gasteiger partial charge in [0.2, 0.25) is 0 Å². The maximum absolute atomic E-state index is 11.4. The van der Waals surface area contributed by atoms with E-state index in [1.807, 2.05) is 0 Å². The number of carbonyl (C=O) groups is 2. The van der Waals surface area contributed by atoms with E-state index in [1.165, 1.54) is 9.80 Å². The summed E-state index contributed by atoms with van der Waals surface area (Å²) in [5.74, 6) is 0. The first kappa shape index (κ1) is 17.9. The molecule has 0 aromatic rings. The number of amides is 4. The summed E-state index contributed by atoms with van der Waals surface area (Å²) in [5.41, 5.74) is 0. The third-order valence-electron chi connectivity index (χ3n) is 3.63. The van der Waals surface area contributed by atoms with Gasteiger partial charge in [0.15, 0.2) is 0 Å². The lowest BCUT2D eigenvalue weighted by Crippen LogP contribution is -2.36. The number of rotatable bonds is 4. The normalized spacial score (nSPS) is 21.8. The summed E-state index contributed by atoms with van der Waals surface area (Å²) in [6.07, 6.45) is 7.15. The van der Waals surface area contributed by atoms with Crippen LogP contribution in [0.5, 0.6) is 0 Å². The molecule has 0 aromatic heterocycles. The van der Waals surface area contributed by atoms with Crippen molar-refractivity contribution in [2.45, 2.75) is 37.8 Å². The first-order valence-electron chi connectivity index (χ1n) is 7.45. The summed E-state index contributed by atoms with van der Waals surface area (Å²) in [4.78, 5) is 34.6. The van der Waals surface area contributed by atoms with Gasteiger partial charge in [-0.25, -0.2) is 9.59 Å². The van der Waals surface area contributed by atoms with Gasteiger partial charge in [-0.05, 0) is 12.8 Å². The SMILES string of the molecule is CNC(=O)N(C)C=N[C@@H]1CCCC[C@H]1N=CN(C)C(=O)NC. The van der Waals surface area contributed by atoms with Gasteiger partial charge in [-0.15, -0.1) is 0 Å². The zero-order valence-electron chi connectivity index (χ0n) is 13.7. The fourth-order valence-corrected chi connectivity index (χ4v) is 2.27. The van der Waals surface area contributed by atoms with Crippen molar-refractivity contribution in [3.8, 4) is 0 Å². The van der Waals surface area contributed by atoms with E-state index in [2.05, 4.69) is 20.6 Å². The Hall–Kier alpha value is -2.12. The van der Waals surface area contributed by atoms with Crippen LogP contribution in [0.25, 0.3) is 0 Å². The summed E-state index contributed by atoms with van der Waals surface area (Å²) < 4.78 is 0. The molecule has 0 saturated heterocycles. The molecule has 2 atom stereocenters. The molecular weight excluding hydrogens is 284 g/mol. The Morgan fingerprint density at radius 3 is 1.59 bits per heavy atom. The Morgan fingerprint density at radius 1 is 0.909 bits per heavy atom. The molecular formula is C14H26N6O2. The van der Waals surface area contributed by atoms with E-state index in [1.54, 1.807) is 40.9 Å². The highest BCUT2D eigenvalue weighted by Crippen LogP contribution is 2.23. The van der Waals surface area contributed by atoms with Crippen LogP contribution in [-0.4, -0.2) is 74.8 Å². The van der Waals surface area contributed by atoms with Crippen LogP contribution < -0.4 is 10.6 Å². The molecule has 0 unspecified atom stereocenters. The highest BCUT2D eigenvalue weighted by molar-refractivity contribution is 5.86. The Labute approximate surface area is 131 Å². The summed E-state index contributed by atoms with van der Waals surface area (Å²) in [5, 5.41) is 5.08. The Bertz CT molecular complexity index is 397. The molecule has 124 valence electrons. The van der Waals surface area contributed by atoms with E-state index in [9.17, 15) is 9.59 Å². The smallest absolute Gasteiger partial charge is 0.322 e. The molecule has 1 aliphatic rings. The molecule has 0 bridgehead atoms. The molecule has 1 aliphatic carbocycles. The minimum absolute atomic E-state index is 0.0372. The molecule has 22 heavy (non-hydrogen) atoms. The second-order valence-corrected chi connectivity index (χ2v) is 5.28. The summed E-state index contributed by atoms with van der Waals surface area (Å²) in [6.45, 7) is 0. The number of nitrogens with one attached hydrogen (secondary N) is 2. The van der Waals surface area contributed by atoms with Gasteiger partial charge in [0.05, 0.1) is 24.8 Å². The monoisotopic (exact) mass is 310 g/mol. The third-order valence-corrected chi connectivity index (χ3v) is 3.63. The topological polar surface area (TPSA) is 89.4 Å². The average Bonchev–Trinajstić information content (AvgIpc) is 2.56. The van der Waals surface area contributed by atoms with E-state index in [0.29, 0.717) is 0 Å². The number of aliphatic imine (C=N–C) groups is 2. The summed E-state index contributed by atoms with van der Waals surface area (Å²) in [7, 11) is 6.47. The van der Waals surface area contributed by atoms with Gasteiger partial charge in [-0.3, -0.25) is 19.8 Å². The van der Waals surface area contributed by atoms with Crippen LogP contribution in [0, 0.1) is 0 Å². The quantitative estimate of drug-likeness (QED) is 0.596. The highest BCUT2D eigenvalue weighted by Gasteiger charge is 2.23. The zero-order valence-corrected chi connectivity index (χ0v) is 13.7. The van der Waals surface area contributed by atoms with Crippen LogP contribution in [0.4, 0.5) is 9.59 Å². The van der Waals surface area contributed by atoms with E-state index in [0.717, 1.165) is 25.7 Å². The number of urea groups is 2. The lowest BCUT2D eigenvalue weighted by molar-refractivity contribution is 0.228. The first-order valence-corrected chi connectivity index (χ1v) is 7.45. The van der Waals surface area contributed by atoms with E-state index in [4.69, 9.17) is 0 Å². The third kappa shape index (κ3) is 5.34. The largest absolute Gasteiger partial charge is 0.341 e. The van der Waals surface area contributed by atoms with E-state index in [-0.39, 0.29) is 24.1 Å². The molecule has 2 N–H and O–H groups in total. The summed E-state index contributed by atoms with van der Waals surface area (Å²) >= 11 is 0. The zero-order chi connectivity index (χ0) is 16.5. The standard InChI is InChI=1S/C14H26N6O2/c1-15-13(21)19(3)9-17-11-7-5-6-8-12(11)18-10-20(4)14(22)16-2/h9-12H,5-8H2,1-4H3,(H,15,21)(H,16,22)/t11-,12-/m1/s1. The molecule has 1 rings (SSSR count). The number of hydrogen-bond acceptors (Lipinski definition) is 4. The van der Waals surface area contributed by atoms with Crippen LogP contribution in [0.2, 0.25) is 0 Å². The van der Waals surface area contributed by atoms with Crippen molar-refractivity contribution < 1.29 is 9.59 Å². The fraction of sp³-hybridized carbons (Fsp3) is 0.714. The fourth-order valence-electron chi connectivity index (χ4n) is 2.27. The van der Waals surface area contributed by atoms with Gasteiger partial charge >= 0.3 is 12.1 Å². The molecule has 0 radical (unpaired) electrons. The highest BCUT2D eigenvalue weighted by atomic mass is 16.2. The molecule has 0 spiro atoms. The minimum Gasteiger partial charge on any atom is -0.341 e. The molecule has 0 aromatic carbocycles. The predicted octanol–water partition coefficient (Wildman–Crippen LogP) is 0.897. The van der Waals surface area contributed by atoms with Gasteiger partial charge in [0.1, 0.15) is 0 Å². The maximum atomic E-state index is 11.4. The lowest BCUT2D eigenvalue weighted by Gasteiger charge is -2.26. The van der Waals surface area contributed by atoms with Crippen LogP contribution in [0.3, 0.4) is 0 Å². The molecule has 8 nitrogen and oxygen atoms in total. The average molecular weight is 310 g/mol. The Balaban J connectivity index is 2.67. The van der Waals surface area contributed by atoms with Gasteiger partial charge in [0, 0.05) is 28.2 Å². The van der Waals surface area contributed by atoms with Gasteiger partial charge in [0.25, 0.3) is 0 Å². The second kappa shape index (κ2) is 9.01. The number of carbonyl (C=O) groups excluding carboxylic acids is 2. The van der Waals surface area contributed by atoms with Crippen molar-refractivity contribution in [1.82, 2.24) is 20.4 Å². The maximum Gasteiger partial charge on any atom is 0.322 e. The van der Waals surface area contributed by atoms with Crippen LogP contribution >= 0.6 is 0 Å². The van der Waals surface area contributed by atoms with Gasteiger partial charge < -0.3 is 10.6 Å². The number of hydrogen-bond donors (Lipinski definition) is 2. The van der Waals surface area contributed by atoms with Gasteiger partial charge in [-0.2, -0.15) is 0 Å². The molecule has 0 heterocycles. The molecule has 8 heteroatoms. The molecule has 1 saturated carbocycles. The Morgan fingerprint density at radius 2 is 1.27 bits per heavy atom. The first-order chi connectivity index (χ1) is 10.5. The van der Waals surface area contributed by atoms with Crippen LogP contribution in [0.1, 0.15) is 25.7 Å². The predicted molar refractivity (Wildman–Crippen MR) is 87.5 cm³/mol. The van der Waals surface area contributed by atoms with Crippen LogP contribution in [0.15, 0.2) is 9.98 Å². The van der Waals surface area contributed by atoms with Crippen molar-refractivity contribution in [3.05, 3.63) is 0 Å². The minimum atomic E-state index is -0.209. The Kier molecular flexibility index (Phi) is 7.34.